The first kappa shape index (κ1) is 34.0. The summed E-state index contributed by atoms with van der Waals surface area (Å²) < 4.78 is 47.7. The number of hydrogen-bond donors (Lipinski definition) is 3. The number of nitrogens with zero attached hydrogens (tertiary/aromatic N) is 6. The minimum Gasteiger partial charge on any atom is -0.377 e. The fourth-order valence-electron chi connectivity index (χ4n) is 6.46. The van der Waals surface area contributed by atoms with Gasteiger partial charge in [0.25, 0.3) is 11.5 Å². The van der Waals surface area contributed by atoms with Gasteiger partial charge in [0.2, 0.25) is 11.7 Å². The first-order valence-electron chi connectivity index (χ1n) is 16.1. The molecule has 0 bridgehead atoms. The number of imidazole rings is 1. The molecular weight excluding hydrogens is 695 g/mol. The molecule has 0 spiro atoms. The summed E-state index contributed by atoms with van der Waals surface area (Å²) in [7, 11) is 0. The number of carbonyl (C=O) groups is 2. The summed E-state index contributed by atoms with van der Waals surface area (Å²) in [5.74, 6) is -0.477. The van der Waals surface area contributed by atoms with Crippen LogP contribution in [0.15, 0.2) is 52.1 Å². The topological polar surface area (TPSA) is 163 Å². The number of aromatic amines is 2. The van der Waals surface area contributed by atoms with Gasteiger partial charge in [0.15, 0.2) is 5.82 Å². The molecule has 0 atom stereocenters. The molecule has 1 saturated heterocycles. The summed E-state index contributed by atoms with van der Waals surface area (Å²) in [5, 5.41) is 6.84. The second-order valence-corrected chi connectivity index (χ2v) is 12.5. The fraction of sp³-hybridized carbons (Fsp3) is 0.333. The number of H-pyrrole nitrogens is 2. The third kappa shape index (κ3) is 6.49. The quantitative estimate of drug-likeness (QED) is 0.229. The number of halogens is 4. The van der Waals surface area contributed by atoms with Crippen molar-refractivity contribution < 1.29 is 27.5 Å². The van der Waals surface area contributed by atoms with E-state index in [1.165, 1.54) is 0 Å². The van der Waals surface area contributed by atoms with Crippen LogP contribution in [0.3, 0.4) is 0 Å². The van der Waals surface area contributed by atoms with Gasteiger partial charge in [-0.2, -0.15) is 22.7 Å². The van der Waals surface area contributed by atoms with Gasteiger partial charge in [-0.05, 0) is 48.7 Å². The zero-order valence-electron chi connectivity index (χ0n) is 27.1. The monoisotopic (exact) mass is 725 g/mol. The van der Waals surface area contributed by atoms with E-state index in [1.807, 2.05) is 17.9 Å². The molecule has 7 rings (SSSR count). The smallest absolute Gasteiger partial charge is 0.377 e. The van der Waals surface area contributed by atoms with Crippen LogP contribution < -0.4 is 21.5 Å². The van der Waals surface area contributed by atoms with Crippen LogP contribution in [-0.2, 0) is 28.7 Å². The molecule has 5 heterocycles. The maximum absolute atomic E-state index is 14.2. The number of anilines is 2. The van der Waals surface area contributed by atoms with Crippen molar-refractivity contribution in [2.75, 3.05) is 49.6 Å². The van der Waals surface area contributed by atoms with E-state index in [4.69, 9.17) is 16.3 Å². The summed E-state index contributed by atoms with van der Waals surface area (Å²) >= 11 is 6.12. The molecule has 0 saturated carbocycles. The van der Waals surface area contributed by atoms with E-state index in [1.54, 1.807) is 27.7 Å². The zero-order valence-corrected chi connectivity index (χ0v) is 27.9. The molecule has 2 aromatic carbocycles. The second kappa shape index (κ2) is 13.4. The average molecular weight is 726 g/mol. The van der Waals surface area contributed by atoms with Gasteiger partial charge in [-0.3, -0.25) is 14.4 Å². The number of para-hydroxylation sites is 1. The van der Waals surface area contributed by atoms with Gasteiger partial charge in [-0.1, -0.05) is 30.7 Å². The van der Waals surface area contributed by atoms with E-state index >= 15 is 0 Å². The fourth-order valence-corrected chi connectivity index (χ4v) is 6.69. The number of aromatic nitrogens is 6. The van der Waals surface area contributed by atoms with Crippen LogP contribution in [0.2, 0.25) is 5.02 Å². The summed E-state index contributed by atoms with van der Waals surface area (Å²) in [4.78, 5) is 66.7. The Kier molecular flexibility index (Phi) is 8.93. The Balaban J connectivity index is 1.22. The highest BCUT2D eigenvalue weighted by Gasteiger charge is 2.32. The number of hydrogen-bond acceptors (Lipinski definition) is 8. The van der Waals surface area contributed by atoms with Crippen molar-refractivity contribution in [1.29, 1.82) is 0 Å². The summed E-state index contributed by atoms with van der Waals surface area (Å²) in [6, 6.07) is 7.66. The normalized spacial score (nSPS) is 15.4. The van der Waals surface area contributed by atoms with E-state index < -0.39 is 28.9 Å². The van der Waals surface area contributed by atoms with Crippen molar-refractivity contribution in [3.8, 4) is 0 Å². The highest BCUT2D eigenvalue weighted by molar-refractivity contribution is 6.33. The first-order valence-corrected chi connectivity index (χ1v) is 16.5. The van der Waals surface area contributed by atoms with Crippen LogP contribution in [0.4, 0.5) is 24.5 Å². The third-order valence-corrected chi connectivity index (χ3v) is 9.26. The van der Waals surface area contributed by atoms with Crippen LogP contribution in [0.1, 0.15) is 40.8 Å². The number of alkyl halides is 3. The molecule has 3 aromatic heterocycles. The van der Waals surface area contributed by atoms with Crippen molar-refractivity contribution in [2.24, 2.45) is 0 Å². The van der Waals surface area contributed by atoms with Crippen molar-refractivity contribution in [3.63, 3.8) is 0 Å². The molecule has 0 unspecified atom stereocenters. The number of carbonyl (C=O) groups excluding carboxylic acids is 2. The summed E-state index contributed by atoms with van der Waals surface area (Å²) in [5.41, 5.74) is 0.966. The van der Waals surface area contributed by atoms with Gasteiger partial charge < -0.3 is 34.4 Å². The minimum atomic E-state index is -4.61. The summed E-state index contributed by atoms with van der Waals surface area (Å²) in [6.07, 6.45) is -1.96. The molecule has 51 heavy (non-hydrogen) atoms. The molecule has 2 aliphatic rings. The Hall–Kier alpha value is -5.42. The van der Waals surface area contributed by atoms with Crippen molar-refractivity contribution >= 4 is 57.2 Å². The maximum atomic E-state index is 14.2. The predicted molar refractivity (Wildman–Crippen MR) is 182 cm³/mol. The molecule has 0 aliphatic carbocycles. The molecule has 18 heteroatoms. The van der Waals surface area contributed by atoms with Gasteiger partial charge in [-0.25, -0.2) is 4.79 Å². The zero-order chi connectivity index (χ0) is 36.0. The molecule has 2 aliphatic heterocycles. The van der Waals surface area contributed by atoms with Crippen LogP contribution in [0.25, 0.3) is 22.4 Å². The Labute approximate surface area is 291 Å². The highest BCUT2D eigenvalue weighted by Crippen LogP contribution is 2.34. The molecular formula is C33H31ClF3N9O5. The molecule has 266 valence electrons. The van der Waals surface area contributed by atoms with Crippen LogP contribution in [-0.4, -0.2) is 85.2 Å². The van der Waals surface area contributed by atoms with E-state index in [2.05, 4.69) is 25.4 Å². The van der Waals surface area contributed by atoms with Gasteiger partial charge in [0, 0.05) is 26.2 Å². The lowest BCUT2D eigenvalue weighted by atomic mass is 10.1. The van der Waals surface area contributed by atoms with Gasteiger partial charge in [-0.15, -0.1) is 5.10 Å². The Bertz CT molecular complexity index is 2330. The van der Waals surface area contributed by atoms with Crippen LogP contribution in [0.5, 0.6) is 0 Å². The van der Waals surface area contributed by atoms with Gasteiger partial charge in [0.05, 0.1) is 51.8 Å². The Morgan fingerprint density at radius 1 is 1.08 bits per heavy atom. The van der Waals surface area contributed by atoms with Gasteiger partial charge in [0.1, 0.15) is 12.2 Å². The standard InChI is InChI=1S/C33H31ClF3N9O5/c1-2-24-27(43-10-12-44(13-11-43)29(48)20-4-3-5-23-26(20)40-31(50)39-23)30(49)46-32(41-28(42-46)18-8-14-51-15-9-18)45(24)17-25(47)38-22-7-6-19(16-21(22)34)33(35,36)37/h3-8,16H,2,9-15,17H2,1H3,(H,38,47)(H2,39,40,50). The van der Waals surface area contributed by atoms with Crippen molar-refractivity contribution in [3.05, 3.63) is 91.0 Å². The minimum absolute atomic E-state index is 0.0142. The predicted octanol–water partition coefficient (Wildman–Crippen LogP) is 3.70. The van der Waals surface area contributed by atoms with Crippen LogP contribution in [0, 0.1) is 0 Å². The van der Waals surface area contributed by atoms with Crippen LogP contribution >= 0.6 is 11.6 Å². The number of fused-ring (bicyclic) bond motifs is 2. The van der Waals surface area contributed by atoms with E-state index in [-0.39, 0.29) is 60.8 Å². The lowest BCUT2D eigenvalue weighted by Crippen LogP contribution is -2.51. The lowest BCUT2D eigenvalue weighted by molar-refractivity contribution is -0.137. The number of rotatable bonds is 7. The Morgan fingerprint density at radius 3 is 2.55 bits per heavy atom. The Morgan fingerprint density at radius 2 is 1.86 bits per heavy atom. The molecule has 3 N–H and O–H groups in total. The number of benzene rings is 2. The number of piperazine rings is 1. The molecule has 0 radical (unpaired) electrons. The van der Waals surface area contributed by atoms with E-state index in [9.17, 15) is 32.3 Å². The molecule has 1 fully saturated rings. The second-order valence-electron chi connectivity index (χ2n) is 12.1. The largest absolute Gasteiger partial charge is 0.416 e. The van der Waals surface area contributed by atoms with E-state index in [0.29, 0.717) is 54.2 Å². The van der Waals surface area contributed by atoms with E-state index in [0.717, 1.165) is 28.3 Å². The van der Waals surface area contributed by atoms with Gasteiger partial charge >= 0.3 is 11.9 Å². The van der Waals surface area contributed by atoms with Crippen molar-refractivity contribution in [1.82, 2.24) is 34.0 Å². The summed E-state index contributed by atoms with van der Waals surface area (Å²) in [6.45, 7) is 3.33. The molecule has 2 amide bonds. The number of nitrogens with one attached hydrogen (secondary N) is 3. The highest BCUT2D eigenvalue weighted by atomic mass is 35.5. The average Bonchev–Trinajstić information content (AvgIpc) is 3.74. The molecule has 5 aromatic rings. The first-order chi connectivity index (χ1) is 24.4. The molecule has 14 nitrogen and oxygen atoms in total. The SMILES string of the molecule is CCc1c(N2CCN(C(=O)c3cccc4[nH]c(=O)[nH]c34)CC2)c(=O)n2nc(C3=CCOCC3)nc2n1CC(=O)Nc1ccc(C(F)(F)F)cc1Cl. The third-order valence-electron chi connectivity index (χ3n) is 8.95. The number of amides is 2. The number of ether oxygens (including phenoxy) is 1. The maximum Gasteiger partial charge on any atom is 0.416 e. The van der Waals surface area contributed by atoms with Crippen molar-refractivity contribution in [2.45, 2.75) is 32.5 Å². The lowest BCUT2D eigenvalue weighted by Gasteiger charge is -2.37.